The van der Waals surface area contributed by atoms with Gasteiger partial charge in [0.2, 0.25) is 0 Å². The Balaban J connectivity index is 2.72. The third-order valence-electron chi connectivity index (χ3n) is 2.56. The molecule has 0 aliphatic carbocycles. The van der Waals surface area contributed by atoms with E-state index in [9.17, 15) is 13.2 Å². The Morgan fingerprint density at radius 1 is 1.42 bits per heavy atom. The van der Waals surface area contributed by atoms with Gasteiger partial charge in [0.15, 0.2) is 14.7 Å². The third-order valence-corrected chi connectivity index (χ3v) is 6.15. The Kier molecular flexibility index (Phi) is 4.63. The molecule has 0 spiro atoms. The van der Waals surface area contributed by atoms with E-state index in [1.807, 2.05) is 0 Å². The Morgan fingerprint density at radius 3 is 2.47 bits per heavy atom. The van der Waals surface area contributed by atoms with Crippen LogP contribution >= 0.6 is 11.3 Å². The number of aryl methyl sites for hydroxylation is 1. The van der Waals surface area contributed by atoms with Gasteiger partial charge < -0.3 is 9.84 Å². The molecule has 1 aromatic heterocycles. The van der Waals surface area contributed by atoms with Crippen LogP contribution in [0, 0.1) is 6.92 Å². The van der Waals surface area contributed by atoms with Crippen molar-refractivity contribution in [3.8, 4) is 5.75 Å². The predicted octanol–water partition coefficient (Wildman–Crippen LogP) is 2.35. The molecular weight excluding hydrogens is 288 g/mol. The average molecular weight is 306 g/mol. The number of aromatic carboxylic acids is 1. The maximum Gasteiger partial charge on any atom is 0.349 e. The Hall–Kier alpha value is -1.08. The number of ether oxygens (including phenoxy) is 1. The van der Waals surface area contributed by atoms with Crippen LogP contribution in [0.4, 0.5) is 0 Å². The second kappa shape index (κ2) is 5.50. The van der Waals surface area contributed by atoms with Gasteiger partial charge in [-0.05, 0) is 33.8 Å². The smallest absolute Gasteiger partial charge is 0.349 e. The minimum atomic E-state index is -3.26. The fraction of sp³-hybridized carbons (Fsp3) is 0.583. The third kappa shape index (κ3) is 3.94. The summed E-state index contributed by atoms with van der Waals surface area (Å²) in [6.07, 6.45) is 0. The van der Waals surface area contributed by atoms with Crippen molar-refractivity contribution in [1.82, 2.24) is 0 Å². The minimum Gasteiger partial charge on any atom is -0.491 e. The van der Waals surface area contributed by atoms with Crippen LogP contribution in [0.5, 0.6) is 5.75 Å². The van der Waals surface area contributed by atoms with Crippen molar-refractivity contribution in [3.63, 3.8) is 0 Å². The highest BCUT2D eigenvalue weighted by atomic mass is 32.2. The molecule has 0 saturated heterocycles. The molecule has 0 bridgehead atoms. The molecule has 19 heavy (non-hydrogen) atoms. The fourth-order valence-corrected chi connectivity index (χ4v) is 3.02. The molecule has 0 atom stereocenters. The maximum atomic E-state index is 11.9. The number of carbonyl (C=O) groups is 1. The number of thiophene rings is 1. The van der Waals surface area contributed by atoms with Crippen molar-refractivity contribution in [1.29, 1.82) is 0 Å². The molecule has 7 heteroatoms. The van der Waals surface area contributed by atoms with Crippen LogP contribution in [-0.2, 0) is 9.84 Å². The van der Waals surface area contributed by atoms with Gasteiger partial charge in [0.05, 0.1) is 10.5 Å². The van der Waals surface area contributed by atoms with Crippen molar-refractivity contribution >= 4 is 27.1 Å². The molecular formula is C12H18O5S2. The van der Waals surface area contributed by atoms with Gasteiger partial charge in [-0.1, -0.05) is 0 Å². The molecule has 0 unspecified atom stereocenters. The largest absolute Gasteiger partial charge is 0.491 e. The Labute approximate surface area is 117 Å². The number of sulfone groups is 1. The van der Waals surface area contributed by atoms with Gasteiger partial charge in [0, 0.05) is 4.88 Å². The standard InChI is InChI=1S/C12H18O5S2/c1-8-7-9(10(18-8)11(13)14)17-5-6-19(15,16)12(2,3)4/h7H,5-6H2,1-4H3,(H,13,14). The molecule has 1 heterocycles. The van der Waals surface area contributed by atoms with E-state index in [2.05, 4.69) is 0 Å². The topological polar surface area (TPSA) is 80.7 Å². The number of carboxylic acid groups (broad SMARTS) is 1. The number of rotatable bonds is 5. The Bertz CT molecular complexity index is 563. The molecule has 1 rings (SSSR count). The number of hydrogen-bond donors (Lipinski definition) is 1. The first-order chi connectivity index (χ1) is 8.54. The van der Waals surface area contributed by atoms with Crippen LogP contribution in [0.3, 0.4) is 0 Å². The van der Waals surface area contributed by atoms with Gasteiger partial charge in [-0.3, -0.25) is 0 Å². The summed E-state index contributed by atoms with van der Waals surface area (Å²) in [4.78, 5) is 11.9. The van der Waals surface area contributed by atoms with Crippen LogP contribution in [-0.4, -0.2) is 36.6 Å². The van der Waals surface area contributed by atoms with E-state index in [4.69, 9.17) is 9.84 Å². The lowest BCUT2D eigenvalue weighted by atomic mass is 10.3. The average Bonchev–Trinajstić information content (AvgIpc) is 2.57. The van der Waals surface area contributed by atoms with Gasteiger partial charge in [0.1, 0.15) is 12.4 Å². The van der Waals surface area contributed by atoms with E-state index in [1.165, 1.54) is 0 Å². The van der Waals surface area contributed by atoms with Gasteiger partial charge in [0.25, 0.3) is 0 Å². The highest BCUT2D eigenvalue weighted by molar-refractivity contribution is 7.92. The van der Waals surface area contributed by atoms with E-state index in [0.717, 1.165) is 16.2 Å². The molecule has 108 valence electrons. The summed E-state index contributed by atoms with van der Waals surface area (Å²) < 4.78 is 28.2. The zero-order valence-corrected chi connectivity index (χ0v) is 13.0. The van der Waals surface area contributed by atoms with Crippen molar-refractivity contribution in [2.45, 2.75) is 32.4 Å². The number of hydrogen-bond acceptors (Lipinski definition) is 5. The van der Waals surface area contributed by atoms with Gasteiger partial charge in [-0.2, -0.15) is 0 Å². The van der Waals surface area contributed by atoms with Gasteiger partial charge in [-0.25, -0.2) is 13.2 Å². The summed E-state index contributed by atoms with van der Waals surface area (Å²) in [5.74, 6) is -0.962. The van der Waals surface area contributed by atoms with Crippen molar-refractivity contribution < 1.29 is 23.1 Å². The summed E-state index contributed by atoms with van der Waals surface area (Å²) >= 11 is 1.11. The zero-order valence-electron chi connectivity index (χ0n) is 11.4. The van der Waals surface area contributed by atoms with E-state index in [1.54, 1.807) is 33.8 Å². The second-order valence-corrected chi connectivity index (χ2v) is 9.25. The van der Waals surface area contributed by atoms with Crippen LogP contribution in [0.2, 0.25) is 0 Å². The van der Waals surface area contributed by atoms with E-state index in [0.29, 0.717) is 0 Å². The summed E-state index contributed by atoms with van der Waals surface area (Å²) in [6, 6.07) is 1.61. The van der Waals surface area contributed by atoms with E-state index < -0.39 is 20.6 Å². The molecule has 0 aromatic carbocycles. The van der Waals surface area contributed by atoms with E-state index >= 15 is 0 Å². The minimum absolute atomic E-state index is 0.0456. The summed E-state index contributed by atoms with van der Waals surface area (Å²) in [7, 11) is -3.26. The van der Waals surface area contributed by atoms with Crippen molar-refractivity contribution in [3.05, 3.63) is 15.8 Å². The quantitative estimate of drug-likeness (QED) is 0.903. The lowest BCUT2D eigenvalue weighted by Gasteiger charge is -2.19. The first-order valence-electron chi connectivity index (χ1n) is 5.73. The summed E-state index contributed by atoms with van der Waals surface area (Å²) in [5, 5.41) is 8.98. The summed E-state index contributed by atoms with van der Waals surface area (Å²) in [6.45, 7) is 6.60. The van der Waals surface area contributed by atoms with Crippen LogP contribution in [0.15, 0.2) is 6.07 Å². The molecule has 1 N–H and O–H groups in total. The summed E-state index contributed by atoms with van der Waals surface area (Å²) in [5.41, 5.74) is 0. The van der Waals surface area contributed by atoms with Crippen molar-refractivity contribution in [2.75, 3.05) is 12.4 Å². The molecule has 0 saturated carbocycles. The second-order valence-electron chi connectivity index (χ2n) is 5.14. The highest BCUT2D eigenvalue weighted by Crippen LogP contribution is 2.29. The van der Waals surface area contributed by atoms with Gasteiger partial charge in [-0.15, -0.1) is 11.3 Å². The Morgan fingerprint density at radius 2 is 2.00 bits per heavy atom. The van der Waals surface area contributed by atoms with Crippen LogP contribution < -0.4 is 4.74 Å². The molecule has 5 nitrogen and oxygen atoms in total. The molecule has 0 aliphatic rings. The lowest BCUT2D eigenvalue weighted by Crippen LogP contribution is -2.32. The maximum absolute atomic E-state index is 11.9. The molecule has 0 fully saturated rings. The fourth-order valence-electron chi connectivity index (χ4n) is 1.31. The van der Waals surface area contributed by atoms with Gasteiger partial charge >= 0.3 is 5.97 Å². The normalized spacial score (nSPS) is 12.4. The zero-order chi connectivity index (χ0) is 14.8. The molecule has 0 radical (unpaired) electrons. The molecule has 1 aromatic rings. The lowest BCUT2D eigenvalue weighted by molar-refractivity contribution is 0.0698. The van der Waals surface area contributed by atoms with Crippen LogP contribution in [0.1, 0.15) is 35.3 Å². The number of carboxylic acids is 1. The van der Waals surface area contributed by atoms with Crippen molar-refractivity contribution in [2.24, 2.45) is 0 Å². The highest BCUT2D eigenvalue weighted by Gasteiger charge is 2.28. The SMILES string of the molecule is Cc1cc(OCCS(=O)(=O)C(C)(C)C)c(C(=O)O)s1. The molecule has 0 amide bonds. The predicted molar refractivity (Wildman–Crippen MR) is 75.1 cm³/mol. The van der Waals surface area contributed by atoms with Crippen LogP contribution in [0.25, 0.3) is 0 Å². The first-order valence-corrected chi connectivity index (χ1v) is 8.20. The first kappa shape index (κ1) is 16.0. The monoisotopic (exact) mass is 306 g/mol. The van der Waals surface area contributed by atoms with E-state index in [-0.39, 0.29) is 23.0 Å². The molecule has 0 aliphatic heterocycles.